The third-order valence-electron chi connectivity index (χ3n) is 17.6. The highest BCUT2D eigenvalue weighted by Crippen LogP contribution is 2.51. The van der Waals surface area contributed by atoms with Crippen LogP contribution >= 0.6 is 0 Å². The summed E-state index contributed by atoms with van der Waals surface area (Å²) in [6.07, 6.45) is 12.1. The molecule has 0 aromatic rings. The largest absolute Gasteiger partial charge is 0.466 e. The van der Waals surface area contributed by atoms with E-state index < -0.39 is 72.5 Å². The molecule has 3 fully saturated rings. The Hall–Kier alpha value is -4.44. The first kappa shape index (κ1) is 86.8. The predicted molar refractivity (Wildman–Crippen MR) is 385 cm³/mol. The summed E-state index contributed by atoms with van der Waals surface area (Å²) in [7, 11) is -13.1. The van der Waals surface area contributed by atoms with Gasteiger partial charge in [-0.15, -0.1) is 0 Å². The highest BCUT2D eigenvalue weighted by molar-refractivity contribution is 6.90. The van der Waals surface area contributed by atoms with E-state index in [0.29, 0.717) is 76.3 Å². The number of nitrogens with one attached hydrogen (secondary N) is 3. The average molecular weight is 1460 g/mol. The SMILES string of the molecule is C=CC(=O)OCCOC(=O)CCC1(C)CC(NC(=O)OCCCCOC(=O)CCC2(C)CC(NC(=O)OCCC[Si](C)(O[Si](C)(C)C)O[Si](C)(C)O[Si](C)(CCCOC(=O)NC3CC(C)(C)CC(C)(CCC(=O)OCCOC(=O)C=C)C3)O[Si](C)(C)C)CC(C)(C)C2)CC(C)(C)C1. The van der Waals surface area contributed by atoms with E-state index in [4.69, 9.17) is 54.4 Å². The van der Waals surface area contributed by atoms with Crippen LogP contribution in [0, 0.1) is 32.5 Å². The van der Waals surface area contributed by atoms with Crippen LogP contribution in [0.4, 0.5) is 14.4 Å². The van der Waals surface area contributed by atoms with E-state index in [-0.39, 0.29) is 141 Å². The normalized spacial score (nSPS) is 24.3. The number of ether oxygens (including phenoxy) is 8. The smallest absolute Gasteiger partial charge is 0.407 e. The van der Waals surface area contributed by atoms with E-state index >= 15 is 0 Å². The zero-order valence-electron chi connectivity index (χ0n) is 63.0. The van der Waals surface area contributed by atoms with E-state index in [1.807, 2.05) is 13.1 Å². The van der Waals surface area contributed by atoms with E-state index in [2.05, 4.69) is 144 Å². The molecule has 3 saturated carbocycles. The summed E-state index contributed by atoms with van der Waals surface area (Å²) in [5, 5.41) is 9.30. The van der Waals surface area contributed by atoms with Gasteiger partial charge in [0.25, 0.3) is 0 Å². The van der Waals surface area contributed by atoms with Crippen molar-refractivity contribution in [3.8, 4) is 0 Å². The molecular formula is C69H127N3O20Si5. The van der Waals surface area contributed by atoms with E-state index in [0.717, 1.165) is 50.7 Å². The van der Waals surface area contributed by atoms with Crippen molar-refractivity contribution in [2.24, 2.45) is 32.5 Å². The van der Waals surface area contributed by atoms with Crippen molar-refractivity contribution >= 4 is 90.4 Å². The summed E-state index contributed by atoms with van der Waals surface area (Å²) < 4.78 is 71.2. The molecule has 0 spiro atoms. The minimum absolute atomic E-state index is 0.0251. The Morgan fingerprint density at radius 1 is 0.371 bits per heavy atom. The van der Waals surface area contributed by atoms with Crippen molar-refractivity contribution in [1.29, 1.82) is 0 Å². The average Bonchev–Trinajstić information content (AvgIpc) is 0.819. The third-order valence-corrected chi connectivity index (χ3v) is 35.9. The number of carbonyl (C=O) groups is 8. The number of amides is 3. The molecule has 0 heterocycles. The molecule has 0 saturated heterocycles. The van der Waals surface area contributed by atoms with Gasteiger partial charge in [-0.3, -0.25) is 14.4 Å². The lowest BCUT2D eigenvalue weighted by Crippen LogP contribution is -2.60. The highest BCUT2D eigenvalue weighted by Gasteiger charge is 2.49. The van der Waals surface area contributed by atoms with Crippen molar-refractivity contribution < 1.29 is 92.7 Å². The molecule has 0 aromatic carbocycles. The second-order valence-corrected chi connectivity index (χ2v) is 53.8. The quantitative estimate of drug-likeness (QED) is 0.0169. The minimum atomic E-state index is -2.96. The van der Waals surface area contributed by atoms with Gasteiger partial charge in [0.15, 0.2) is 16.6 Å². The Labute approximate surface area is 586 Å². The maximum atomic E-state index is 13.5. The molecule has 97 heavy (non-hydrogen) atoms. The summed E-state index contributed by atoms with van der Waals surface area (Å²) in [6, 6.07) is 0.709. The molecule has 3 aliphatic carbocycles. The first-order valence-corrected chi connectivity index (χ1v) is 49.9. The summed E-state index contributed by atoms with van der Waals surface area (Å²) >= 11 is 0. The summed E-state index contributed by atoms with van der Waals surface area (Å²) in [6.45, 7) is 47.8. The Balaban J connectivity index is 1.44. The number of esters is 5. The standard InChI is InChI=1S/C69H127N3O20Si5/c1-22-56(73)82-38-40-84-59(76)29-32-68(10)47-53(44-64(3,4)51-68)70-61(78)86-35-25-24-34-81-58(75)28-31-67(9)48-54(45-65(5,6)50-67)71-62(79)87-36-26-42-96(20,89-93(12,13)14)91-95(18,19)92-97(21,90-94(15,16)17)43-27-37-88-63(80)72-55-46-66(7,8)52-69(11,49-55)33-30-60(77)85-41-39-83-57(74)23-2/h22-23,53-55H,1-2,24-52H2,3-21H3,(H,70,78)(H,71,79)(H,72,80). The van der Waals surface area contributed by atoms with Crippen LogP contribution in [0.15, 0.2) is 25.3 Å². The third kappa shape index (κ3) is 37.2. The van der Waals surface area contributed by atoms with Gasteiger partial charge < -0.3 is 70.3 Å². The summed E-state index contributed by atoms with van der Waals surface area (Å²) in [4.78, 5) is 100. The molecular weight excluding hydrogens is 1330 g/mol. The Morgan fingerprint density at radius 2 is 0.639 bits per heavy atom. The molecule has 0 radical (unpaired) electrons. The lowest BCUT2D eigenvalue weighted by Gasteiger charge is -2.46. The number of hydrogen-bond donors (Lipinski definition) is 3. The highest BCUT2D eigenvalue weighted by atomic mass is 28.5. The fourth-order valence-corrected chi connectivity index (χ4v) is 39.3. The van der Waals surface area contributed by atoms with Crippen LogP contribution in [0.1, 0.15) is 184 Å². The molecule has 8 unspecified atom stereocenters. The van der Waals surface area contributed by atoms with Crippen LogP contribution in [0.5, 0.6) is 0 Å². The number of rotatable bonds is 41. The Bertz CT molecular complexity index is 2620. The van der Waals surface area contributed by atoms with E-state index in [1.165, 1.54) is 0 Å². The molecule has 28 heteroatoms. The van der Waals surface area contributed by atoms with Gasteiger partial charge >= 0.3 is 73.8 Å². The van der Waals surface area contributed by atoms with Gasteiger partial charge in [0.05, 0.1) is 26.4 Å². The second kappa shape index (κ2) is 38.0. The van der Waals surface area contributed by atoms with Crippen LogP contribution < -0.4 is 16.0 Å². The van der Waals surface area contributed by atoms with E-state index in [1.54, 1.807) is 0 Å². The van der Waals surface area contributed by atoms with Gasteiger partial charge in [-0.25, -0.2) is 24.0 Å². The number of unbranched alkanes of at least 4 members (excludes halogenated alkanes) is 1. The zero-order chi connectivity index (χ0) is 73.4. The summed E-state index contributed by atoms with van der Waals surface area (Å²) in [5.41, 5.74) is -0.960. The van der Waals surface area contributed by atoms with Crippen molar-refractivity contribution in [3.63, 3.8) is 0 Å². The molecule has 0 aromatic heterocycles. The Morgan fingerprint density at radius 3 is 0.928 bits per heavy atom. The molecule has 23 nitrogen and oxygen atoms in total. The first-order valence-electron chi connectivity index (χ1n) is 35.2. The van der Waals surface area contributed by atoms with Gasteiger partial charge in [-0.05, 0) is 213 Å². The number of alkyl carbamates (subject to hydrolysis) is 3. The monoisotopic (exact) mass is 1460 g/mol. The molecule has 0 bridgehead atoms. The van der Waals surface area contributed by atoms with Crippen LogP contribution in [-0.2, 0) is 78.3 Å². The molecule has 0 aliphatic heterocycles. The van der Waals surface area contributed by atoms with Crippen LogP contribution in [-0.4, -0.2) is 161 Å². The molecule has 8 atom stereocenters. The van der Waals surface area contributed by atoms with E-state index in [9.17, 15) is 38.4 Å². The van der Waals surface area contributed by atoms with Crippen molar-refractivity contribution in [2.45, 2.75) is 280 Å². The lowest BCUT2D eigenvalue weighted by molar-refractivity contribution is -0.150. The van der Waals surface area contributed by atoms with Crippen molar-refractivity contribution in [1.82, 2.24) is 16.0 Å². The molecule has 3 amide bonds. The zero-order valence-corrected chi connectivity index (χ0v) is 68.0. The predicted octanol–water partition coefficient (Wildman–Crippen LogP) is 14.5. The van der Waals surface area contributed by atoms with Gasteiger partial charge in [0.1, 0.15) is 26.4 Å². The van der Waals surface area contributed by atoms with Gasteiger partial charge in [0, 0.05) is 49.5 Å². The van der Waals surface area contributed by atoms with Gasteiger partial charge in [-0.1, -0.05) is 75.5 Å². The second-order valence-electron chi connectivity index (χ2n) is 33.7. The molecule has 3 aliphatic rings. The topological polar surface area (TPSA) is 283 Å². The van der Waals surface area contributed by atoms with Crippen LogP contribution in [0.3, 0.4) is 0 Å². The maximum absolute atomic E-state index is 13.5. The van der Waals surface area contributed by atoms with Crippen molar-refractivity contribution in [2.75, 3.05) is 52.9 Å². The fraction of sp³-hybridized carbons (Fsp3) is 0.826. The lowest BCUT2D eigenvalue weighted by atomic mass is 9.61. The number of carbonyl (C=O) groups excluding carboxylic acids is 8. The van der Waals surface area contributed by atoms with Crippen LogP contribution in [0.25, 0.3) is 0 Å². The molecule has 558 valence electrons. The van der Waals surface area contributed by atoms with Gasteiger partial charge in [0.2, 0.25) is 0 Å². The van der Waals surface area contributed by atoms with Gasteiger partial charge in [-0.2, -0.15) is 0 Å². The fourth-order valence-electron chi connectivity index (χ4n) is 15.8. The number of hydrogen-bond acceptors (Lipinski definition) is 20. The van der Waals surface area contributed by atoms with Crippen LogP contribution in [0.2, 0.25) is 77.6 Å². The van der Waals surface area contributed by atoms with Crippen molar-refractivity contribution in [3.05, 3.63) is 25.3 Å². The molecule has 3 rings (SSSR count). The first-order chi connectivity index (χ1) is 44.6. The summed E-state index contributed by atoms with van der Waals surface area (Å²) in [5.74, 6) is -2.18. The Kier molecular flexibility index (Phi) is 34.0. The minimum Gasteiger partial charge on any atom is -0.466 e. The molecule has 3 N–H and O–H groups in total. The maximum Gasteiger partial charge on any atom is 0.407 e.